The average Bonchev–Trinajstić information content (AvgIpc) is 2.88. The molecule has 1 aromatic heterocycles. The largest absolute Gasteiger partial charge is 0.493 e. The summed E-state index contributed by atoms with van der Waals surface area (Å²) in [5.74, 6) is 0.744. The first-order valence-corrected chi connectivity index (χ1v) is 7.65. The number of nitrogens with zero attached hydrogens (tertiary/aromatic N) is 2. The monoisotopic (exact) mass is 327 g/mol. The van der Waals surface area contributed by atoms with Crippen LogP contribution in [-0.4, -0.2) is 23.4 Å². The Balaban J connectivity index is 2.55. The number of aryl methyl sites for hydroxylation is 1. The maximum absolute atomic E-state index is 6.37. The lowest BCUT2D eigenvalue weighted by Crippen LogP contribution is -2.25. The lowest BCUT2D eigenvalue weighted by atomic mass is 10.0. The molecule has 0 aliphatic carbocycles. The van der Waals surface area contributed by atoms with Gasteiger partial charge in [-0.15, -0.1) is 0 Å². The molecule has 0 amide bonds. The Morgan fingerprint density at radius 3 is 2.67 bits per heavy atom. The summed E-state index contributed by atoms with van der Waals surface area (Å²) in [6.07, 6.45) is 1.73. The number of hydrogen-bond donors (Lipinski definition) is 1. The van der Waals surface area contributed by atoms with E-state index in [2.05, 4.69) is 17.3 Å². The smallest absolute Gasteiger partial charge is 0.161 e. The van der Waals surface area contributed by atoms with Gasteiger partial charge in [0.15, 0.2) is 5.75 Å². The van der Waals surface area contributed by atoms with Crippen molar-refractivity contribution in [3.63, 3.8) is 0 Å². The number of aromatic nitrogens is 2. The second kappa shape index (κ2) is 7.16. The maximum atomic E-state index is 6.37. The predicted molar refractivity (Wildman–Crippen MR) is 86.4 cm³/mol. The summed E-state index contributed by atoms with van der Waals surface area (Å²) in [4.78, 5) is 0. The zero-order valence-corrected chi connectivity index (χ0v) is 13.9. The number of methoxy groups -OCH3 is 1. The number of halogens is 2. The molecule has 1 N–H and O–H groups in total. The van der Waals surface area contributed by atoms with Gasteiger partial charge in [-0.2, -0.15) is 5.10 Å². The summed E-state index contributed by atoms with van der Waals surface area (Å²) >= 11 is 12.4. The van der Waals surface area contributed by atoms with Crippen LogP contribution in [0, 0.1) is 0 Å². The van der Waals surface area contributed by atoms with Crippen molar-refractivity contribution in [1.82, 2.24) is 15.1 Å². The normalized spacial score (nSPS) is 12.4. The second-order valence-corrected chi connectivity index (χ2v) is 5.41. The summed E-state index contributed by atoms with van der Waals surface area (Å²) in [5, 5.41) is 9.05. The van der Waals surface area contributed by atoms with Gasteiger partial charge in [-0.05, 0) is 31.2 Å². The highest BCUT2D eigenvalue weighted by Crippen LogP contribution is 2.34. The van der Waals surface area contributed by atoms with Crippen LogP contribution in [-0.2, 0) is 6.54 Å². The fourth-order valence-corrected chi connectivity index (χ4v) is 2.89. The van der Waals surface area contributed by atoms with E-state index in [1.807, 2.05) is 23.7 Å². The van der Waals surface area contributed by atoms with Gasteiger partial charge in [0.25, 0.3) is 0 Å². The molecule has 0 bridgehead atoms. The lowest BCUT2D eigenvalue weighted by molar-refractivity contribution is 0.399. The Labute approximate surface area is 135 Å². The highest BCUT2D eigenvalue weighted by atomic mass is 35.5. The molecule has 6 heteroatoms. The average molecular weight is 328 g/mol. The van der Waals surface area contributed by atoms with Gasteiger partial charge >= 0.3 is 0 Å². The van der Waals surface area contributed by atoms with Gasteiger partial charge in [-0.25, -0.2) is 0 Å². The predicted octanol–water partition coefficient (Wildman–Crippen LogP) is 3.92. The summed E-state index contributed by atoms with van der Waals surface area (Å²) < 4.78 is 7.36. The summed E-state index contributed by atoms with van der Waals surface area (Å²) in [7, 11) is 1.65. The first-order valence-electron chi connectivity index (χ1n) is 6.90. The summed E-state index contributed by atoms with van der Waals surface area (Å²) in [6, 6.07) is 5.43. The van der Waals surface area contributed by atoms with Crippen LogP contribution >= 0.6 is 23.2 Å². The minimum Gasteiger partial charge on any atom is -0.493 e. The number of hydrogen-bond acceptors (Lipinski definition) is 3. The van der Waals surface area contributed by atoms with E-state index in [1.54, 1.807) is 19.4 Å². The molecule has 0 spiro atoms. The third-order valence-electron chi connectivity index (χ3n) is 3.32. The van der Waals surface area contributed by atoms with Crippen LogP contribution in [0.15, 0.2) is 24.4 Å². The molecule has 1 heterocycles. The van der Waals surface area contributed by atoms with Crippen molar-refractivity contribution in [3.8, 4) is 5.75 Å². The van der Waals surface area contributed by atoms with Crippen LogP contribution in [0.5, 0.6) is 5.75 Å². The van der Waals surface area contributed by atoms with E-state index in [9.17, 15) is 0 Å². The first-order chi connectivity index (χ1) is 10.1. The molecule has 0 fully saturated rings. The summed E-state index contributed by atoms with van der Waals surface area (Å²) in [5.41, 5.74) is 1.92. The van der Waals surface area contributed by atoms with Crippen molar-refractivity contribution in [2.24, 2.45) is 0 Å². The molecule has 1 aromatic carbocycles. The fraction of sp³-hybridized carbons (Fsp3) is 0.400. The van der Waals surface area contributed by atoms with E-state index in [0.29, 0.717) is 10.0 Å². The molecule has 0 aliphatic rings. The number of benzene rings is 1. The fourth-order valence-electron chi connectivity index (χ4n) is 2.37. The van der Waals surface area contributed by atoms with Crippen molar-refractivity contribution in [1.29, 1.82) is 0 Å². The van der Waals surface area contributed by atoms with E-state index in [-0.39, 0.29) is 6.04 Å². The van der Waals surface area contributed by atoms with Crippen LogP contribution in [0.4, 0.5) is 0 Å². The Bertz CT molecular complexity index is 591. The van der Waals surface area contributed by atoms with Gasteiger partial charge in [0.05, 0.1) is 19.3 Å². The highest BCUT2D eigenvalue weighted by Gasteiger charge is 2.24. The third kappa shape index (κ3) is 3.34. The maximum Gasteiger partial charge on any atom is 0.161 e. The SMILES string of the molecule is CCNC(c1ccc(Cl)cc1Cl)c1c(OC)cnn1CC. The van der Waals surface area contributed by atoms with Crippen LogP contribution in [0.1, 0.15) is 31.1 Å². The van der Waals surface area contributed by atoms with Crippen molar-refractivity contribution in [2.45, 2.75) is 26.4 Å². The molecule has 114 valence electrons. The molecule has 2 aromatic rings. The van der Waals surface area contributed by atoms with E-state index >= 15 is 0 Å². The van der Waals surface area contributed by atoms with E-state index in [1.165, 1.54) is 0 Å². The van der Waals surface area contributed by atoms with Crippen LogP contribution in [0.3, 0.4) is 0 Å². The van der Waals surface area contributed by atoms with Gasteiger partial charge in [0.1, 0.15) is 5.69 Å². The molecule has 0 saturated heterocycles. The van der Waals surface area contributed by atoms with E-state index in [4.69, 9.17) is 27.9 Å². The molecule has 0 aliphatic heterocycles. The molecule has 0 radical (unpaired) electrons. The second-order valence-electron chi connectivity index (χ2n) is 4.57. The number of ether oxygens (including phenoxy) is 1. The van der Waals surface area contributed by atoms with Crippen molar-refractivity contribution in [3.05, 3.63) is 45.7 Å². The van der Waals surface area contributed by atoms with Gasteiger partial charge in [-0.1, -0.05) is 36.2 Å². The Hall–Kier alpha value is -1.23. The quantitative estimate of drug-likeness (QED) is 0.874. The molecule has 2 rings (SSSR count). The van der Waals surface area contributed by atoms with Crippen LogP contribution < -0.4 is 10.1 Å². The van der Waals surface area contributed by atoms with Gasteiger partial charge in [-0.3, -0.25) is 4.68 Å². The molecule has 1 atom stereocenters. The molecule has 4 nitrogen and oxygen atoms in total. The van der Waals surface area contributed by atoms with Gasteiger partial charge in [0.2, 0.25) is 0 Å². The van der Waals surface area contributed by atoms with Crippen molar-refractivity contribution in [2.75, 3.05) is 13.7 Å². The Kier molecular flexibility index (Phi) is 5.51. The van der Waals surface area contributed by atoms with Crippen molar-refractivity contribution < 1.29 is 4.74 Å². The Morgan fingerprint density at radius 2 is 2.10 bits per heavy atom. The van der Waals surface area contributed by atoms with E-state index < -0.39 is 0 Å². The molecule has 1 unspecified atom stereocenters. The zero-order valence-electron chi connectivity index (χ0n) is 12.4. The third-order valence-corrected chi connectivity index (χ3v) is 3.88. The van der Waals surface area contributed by atoms with Crippen LogP contribution in [0.25, 0.3) is 0 Å². The zero-order chi connectivity index (χ0) is 15.4. The van der Waals surface area contributed by atoms with E-state index in [0.717, 1.165) is 30.1 Å². The number of rotatable bonds is 6. The molecular weight excluding hydrogens is 309 g/mol. The Morgan fingerprint density at radius 1 is 1.33 bits per heavy atom. The molecule has 0 saturated carbocycles. The van der Waals surface area contributed by atoms with Gasteiger partial charge < -0.3 is 10.1 Å². The highest BCUT2D eigenvalue weighted by molar-refractivity contribution is 6.35. The van der Waals surface area contributed by atoms with Crippen LogP contribution in [0.2, 0.25) is 10.0 Å². The minimum absolute atomic E-state index is 0.0998. The van der Waals surface area contributed by atoms with Crippen molar-refractivity contribution >= 4 is 23.2 Å². The standard InChI is InChI=1S/C15H19Cl2N3O/c1-4-18-14(11-7-6-10(16)8-12(11)17)15-13(21-3)9-19-20(15)5-2/h6-9,14,18H,4-5H2,1-3H3. The molecule has 21 heavy (non-hydrogen) atoms. The first kappa shape index (κ1) is 16.1. The molecular formula is C15H19Cl2N3O. The topological polar surface area (TPSA) is 39.1 Å². The summed E-state index contributed by atoms with van der Waals surface area (Å²) in [6.45, 7) is 5.64. The lowest BCUT2D eigenvalue weighted by Gasteiger charge is -2.22. The number of nitrogens with one attached hydrogen (secondary N) is 1. The minimum atomic E-state index is -0.0998. The van der Waals surface area contributed by atoms with Gasteiger partial charge in [0, 0.05) is 16.6 Å².